The molecular weight excluding hydrogens is 368 g/mol. The third-order valence-corrected chi connectivity index (χ3v) is 5.86. The van der Waals surface area contributed by atoms with Crippen LogP contribution in [-0.2, 0) is 9.53 Å². The molecule has 0 aliphatic carbocycles. The quantitative estimate of drug-likeness (QED) is 0.623. The van der Waals surface area contributed by atoms with Gasteiger partial charge in [-0.3, -0.25) is 4.79 Å². The number of carbonyl (C=O) groups is 1. The van der Waals surface area contributed by atoms with Gasteiger partial charge >= 0.3 is 0 Å². The number of anilines is 2. The van der Waals surface area contributed by atoms with Crippen LogP contribution in [0, 0.1) is 5.92 Å². The number of hydrogen-bond acceptors (Lipinski definition) is 7. The van der Waals surface area contributed by atoms with Crippen molar-refractivity contribution in [3.05, 3.63) is 12.1 Å². The zero-order valence-corrected chi connectivity index (χ0v) is 18.0. The van der Waals surface area contributed by atoms with Crippen molar-refractivity contribution in [3.63, 3.8) is 0 Å². The Kier molecular flexibility index (Phi) is 8.49. The van der Waals surface area contributed by atoms with Gasteiger partial charge in [-0.05, 0) is 44.9 Å². The molecule has 1 unspecified atom stereocenters. The van der Waals surface area contributed by atoms with Crippen molar-refractivity contribution >= 4 is 17.5 Å². The van der Waals surface area contributed by atoms with Crippen molar-refractivity contribution < 1.29 is 9.53 Å². The monoisotopic (exact) mass is 404 g/mol. The standard InChI is InChI=1S/C21H36N6O2/c1-3-25-12-14-26(15-13-25)19-8-9-20(24-23-19)27-11-5-7-18(17-27)21(28)22-10-6-16-29-4-2/h8-9,18H,3-7,10-17H2,1-2H3,(H,22,28). The number of ether oxygens (including phenoxy) is 1. The maximum atomic E-state index is 12.5. The van der Waals surface area contributed by atoms with E-state index in [0.29, 0.717) is 19.7 Å². The third-order valence-electron chi connectivity index (χ3n) is 5.86. The summed E-state index contributed by atoms with van der Waals surface area (Å²) in [5.74, 6) is 1.98. The molecule has 2 aliphatic rings. The van der Waals surface area contributed by atoms with Crippen LogP contribution in [0.25, 0.3) is 0 Å². The maximum absolute atomic E-state index is 12.5. The van der Waals surface area contributed by atoms with Crippen LogP contribution in [0.15, 0.2) is 12.1 Å². The van der Waals surface area contributed by atoms with Crippen LogP contribution >= 0.6 is 0 Å². The summed E-state index contributed by atoms with van der Waals surface area (Å²) in [5, 5.41) is 12.0. The average molecular weight is 405 g/mol. The highest BCUT2D eigenvalue weighted by Crippen LogP contribution is 2.23. The second-order valence-electron chi connectivity index (χ2n) is 7.80. The first-order valence-electron chi connectivity index (χ1n) is 11.1. The number of amides is 1. The van der Waals surface area contributed by atoms with Gasteiger partial charge in [0, 0.05) is 59.0 Å². The van der Waals surface area contributed by atoms with E-state index >= 15 is 0 Å². The summed E-state index contributed by atoms with van der Waals surface area (Å²) in [4.78, 5) is 19.4. The fourth-order valence-electron chi connectivity index (χ4n) is 4.02. The maximum Gasteiger partial charge on any atom is 0.224 e. The molecule has 0 saturated carbocycles. The number of rotatable bonds is 9. The minimum Gasteiger partial charge on any atom is -0.382 e. The van der Waals surface area contributed by atoms with E-state index in [1.54, 1.807) is 0 Å². The van der Waals surface area contributed by atoms with Crippen molar-refractivity contribution in [3.8, 4) is 0 Å². The molecule has 162 valence electrons. The fraction of sp³-hybridized carbons (Fsp3) is 0.762. The minimum atomic E-state index is 0.0134. The molecule has 8 heteroatoms. The van der Waals surface area contributed by atoms with Gasteiger partial charge in [-0.25, -0.2) is 0 Å². The molecular formula is C21H36N6O2. The summed E-state index contributed by atoms with van der Waals surface area (Å²) in [6.07, 6.45) is 2.79. The van der Waals surface area contributed by atoms with Gasteiger partial charge in [-0.15, -0.1) is 10.2 Å². The van der Waals surface area contributed by atoms with Gasteiger partial charge in [0.05, 0.1) is 5.92 Å². The number of piperazine rings is 1. The second-order valence-corrected chi connectivity index (χ2v) is 7.80. The van der Waals surface area contributed by atoms with E-state index in [1.165, 1.54) is 0 Å². The molecule has 1 aromatic heterocycles. The van der Waals surface area contributed by atoms with E-state index < -0.39 is 0 Å². The van der Waals surface area contributed by atoms with Crippen LogP contribution < -0.4 is 15.1 Å². The summed E-state index contributed by atoms with van der Waals surface area (Å²) >= 11 is 0. The van der Waals surface area contributed by atoms with Crippen LogP contribution in [0.5, 0.6) is 0 Å². The lowest BCUT2D eigenvalue weighted by Gasteiger charge is -2.35. The number of hydrogen-bond donors (Lipinski definition) is 1. The Labute approximate surface area is 174 Å². The smallest absolute Gasteiger partial charge is 0.224 e. The minimum absolute atomic E-state index is 0.0134. The summed E-state index contributed by atoms with van der Waals surface area (Å²) in [6.45, 7) is 13.2. The van der Waals surface area contributed by atoms with Crippen LogP contribution in [0.4, 0.5) is 11.6 Å². The van der Waals surface area contributed by atoms with Crippen LogP contribution in [0.2, 0.25) is 0 Å². The number of carbonyl (C=O) groups excluding carboxylic acids is 1. The largest absolute Gasteiger partial charge is 0.382 e. The molecule has 0 spiro atoms. The zero-order chi connectivity index (χ0) is 20.5. The lowest BCUT2D eigenvalue weighted by Crippen LogP contribution is -2.46. The van der Waals surface area contributed by atoms with Gasteiger partial charge < -0.3 is 24.8 Å². The van der Waals surface area contributed by atoms with Gasteiger partial charge in [0.25, 0.3) is 0 Å². The topological polar surface area (TPSA) is 73.8 Å². The molecule has 0 aromatic carbocycles. The normalized spacial score (nSPS) is 20.7. The number of nitrogens with zero attached hydrogens (tertiary/aromatic N) is 5. The highest BCUT2D eigenvalue weighted by atomic mass is 16.5. The van der Waals surface area contributed by atoms with Gasteiger partial charge in [0.2, 0.25) is 5.91 Å². The van der Waals surface area contributed by atoms with E-state index in [2.05, 4.69) is 49.3 Å². The Hall–Kier alpha value is -1.93. The molecule has 1 aromatic rings. The molecule has 2 saturated heterocycles. The Balaban J connectivity index is 1.48. The summed E-state index contributed by atoms with van der Waals surface area (Å²) < 4.78 is 5.32. The van der Waals surface area contributed by atoms with E-state index in [0.717, 1.165) is 76.8 Å². The van der Waals surface area contributed by atoms with Crippen molar-refractivity contribution in [2.24, 2.45) is 5.92 Å². The Morgan fingerprint density at radius 2 is 1.83 bits per heavy atom. The van der Waals surface area contributed by atoms with Crippen LogP contribution in [-0.4, -0.2) is 86.6 Å². The molecule has 0 radical (unpaired) electrons. The van der Waals surface area contributed by atoms with Crippen LogP contribution in [0.3, 0.4) is 0 Å². The molecule has 0 bridgehead atoms. The zero-order valence-electron chi connectivity index (χ0n) is 18.0. The third kappa shape index (κ3) is 6.27. The van der Waals surface area contributed by atoms with Crippen molar-refractivity contribution in [1.82, 2.24) is 20.4 Å². The first-order valence-corrected chi connectivity index (χ1v) is 11.1. The molecule has 3 rings (SSSR count). The number of likely N-dealkylation sites (N-methyl/N-ethyl adjacent to an activating group) is 1. The number of piperidine rings is 1. The summed E-state index contributed by atoms with van der Waals surface area (Å²) in [5.41, 5.74) is 0. The van der Waals surface area contributed by atoms with Gasteiger partial charge in [-0.1, -0.05) is 6.92 Å². The molecule has 2 aliphatic heterocycles. The summed E-state index contributed by atoms with van der Waals surface area (Å²) in [6, 6.07) is 4.12. The molecule has 1 amide bonds. The molecule has 8 nitrogen and oxygen atoms in total. The molecule has 29 heavy (non-hydrogen) atoms. The SMILES string of the molecule is CCOCCCNC(=O)C1CCCN(c2ccc(N3CCN(CC)CC3)nn2)C1. The summed E-state index contributed by atoms with van der Waals surface area (Å²) in [7, 11) is 0. The number of aromatic nitrogens is 2. The van der Waals surface area contributed by atoms with Crippen molar-refractivity contribution in [2.45, 2.75) is 33.1 Å². The fourth-order valence-corrected chi connectivity index (χ4v) is 4.02. The predicted octanol–water partition coefficient (Wildman–Crippen LogP) is 1.38. The van der Waals surface area contributed by atoms with E-state index in [9.17, 15) is 4.79 Å². The first-order chi connectivity index (χ1) is 14.2. The van der Waals surface area contributed by atoms with Gasteiger partial charge in [0.15, 0.2) is 11.6 Å². The second kappa shape index (κ2) is 11.3. The molecule has 3 heterocycles. The lowest BCUT2D eigenvalue weighted by atomic mass is 9.97. The molecule has 1 atom stereocenters. The van der Waals surface area contributed by atoms with E-state index in [4.69, 9.17) is 4.74 Å². The Bertz CT molecular complexity index is 618. The van der Waals surface area contributed by atoms with Gasteiger partial charge in [0.1, 0.15) is 0 Å². The van der Waals surface area contributed by atoms with Gasteiger partial charge in [-0.2, -0.15) is 0 Å². The van der Waals surface area contributed by atoms with E-state index in [-0.39, 0.29) is 11.8 Å². The molecule has 1 N–H and O–H groups in total. The predicted molar refractivity (Wildman–Crippen MR) is 115 cm³/mol. The highest BCUT2D eigenvalue weighted by molar-refractivity contribution is 5.79. The van der Waals surface area contributed by atoms with Crippen molar-refractivity contribution in [1.29, 1.82) is 0 Å². The first kappa shape index (κ1) is 21.8. The lowest BCUT2D eigenvalue weighted by molar-refractivity contribution is -0.125. The Morgan fingerprint density at radius 1 is 1.10 bits per heavy atom. The van der Waals surface area contributed by atoms with Crippen molar-refractivity contribution in [2.75, 3.05) is 75.4 Å². The van der Waals surface area contributed by atoms with E-state index in [1.807, 2.05) is 6.92 Å². The molecule has 2 fully saturated rings. The van der Waals surface area contributed by atoms with Crippen LogP contribution in [0.1, 0.15) is 33.1 Å². The number of nitrogens with one attached hydrogen (secondary N) is 1. The Morgan fingerprint density at radius 3 is 2.48 bits per heavy atom. The average Bonchev–Trinajstić information content (AvgIpc) is 2.79. The highest BCUT2D eigenvalue weighted by Gasteiger charge is 2.26.